The van der Waals surface area contributed by atoms with Gasteiger partial charge in [-0.1, -0.05) is 18.2 Å². The monoisotopic (exact) mass is 338 g/mol. The highest BCUT2D eigenvalue weighted by Gasteiger charge is 2.23. The van der Waals surface area contributed by atoms with E-state index < -0.39 is 0 Å². The number of hydrogen-bond acceptors (Lipinski definition) is 4. The number of carbonyl (C=O) groups is 1. The summed E-state index contributed by atoms with van der Waals surface area (Å²) in [6, 6.07) is 11.8. The summed E-state index contributed by atoms with van der Waals surface area (Å²) < 4.78 is 0. The first-order chi connectivity index (χ1) is 12.1. The lowest BCUT2D eigenvalue weighted by Crippen LogP contribution is -2.28. The summed E-state index contributed by atoms with van der Waals surface area (Å²) in [6.45, 7) is 5.10. The second-order valence-electron chi connectivity index (χ2n) is 7.01. The fraction of sp³-hybridized carbons (Fsp3) is 0.400. The van der Waals surface area contributed by atoms with Crippen LogP contribution in [0.4, 0.5) is 0 Å². The van der Waals surface area contributed by atoms with Crippen LogP contribution in [0.2, 0.25) is 0 Å². The Kier molecular flexibility index (Phi) is 5.79. The second kappa shape index (κ2) is 8.23. The summed E-state index contributed by atoms with van der Waals surface area (Å²) >= 11 is 0. The number of likely N-dealkylation sites (tertiary alicyclic amines) is 1. The van der Waals surface area contributed by atoms with Gasteiger partial charge in [0.2, 0.25) is 5.91 Å². The first kappa shape index (κ1) is 17.6. The Morgan fingerprint density at radius 1 is 1.32 bits per heavy atom. The van der Waals surface area contributed by atoms with Gasteiger partial charge in [-0.15, -0.1) is 0 Å². The largest absolute Gasteiger partial charge is 0.366 e. The zero-order valence-corrected chi connectivity index (χ0v) is 14.8. The fourth-order valence-electron chi connectivity index (χ4n) is 3.60. The maximum Gasteiger partial charge on any atom is 0.248 e. The average molecular weight is 338 g/mol. The van der Waals surface area contributed by atoms with E-state index in [1.165, 1.54) is 12.0 Å². The van der Waals surface area contributed by atoms with Gasteiger partial charge in [-0.3, -0.25) is 14.7 Å². The van der Waals surface area contributed by atoms with Gasteiger partial charge in [0.15, 0.2) is 0 Å². The molecule has 0 aliphatic carbocycles. The number of primary amides is 1. The Hall–Kier alpha value is -2.24. The third-order valence-electron chi connectivity index (χ3n) is 4.73. The van der Waals surface area contributed by atoms with E-state index in [0.717, 1.165) is 38.3 Å². The minimum Gasteiger partial charge on any atom is -0.366 e. The zero-order chi connectivity index (χ0) is 17.6. The van der Waals surface area contributed by atoms with Crippen molar-refractivity contribution in [3.8, 4) is 0 Å². The number of nitrogens with zero attached hydrogens (tertiary/aromatic N) is 3. The lowest BCUT2D eigenvalue weighted by molar-refractivity contribution is 0.1000. The number of carbonyl (C=O) groups excluding carboxylic acids is 1. The molecule has 1 unspecified atom stereocenters. The first-order valence-electron chi connectivity index (χ1n) is 8.78. The van der Waals surface area contributed by atoms with Crippen LogP contribution < -0.4 is 5.73 Å². The summed E-state index contributed by atoms with van der Waals surface area (Å²) in [5.41, 5.74) is 8.36. The summed E-state index contributed by atoms with van der Waals surface area (Å²) in [4.78, 5) is 20.3. The minimum atomic E-state index is -0.363. The maximum absolute atomic E-state index is 11.3. The molecule has 1 aliphatic rings. The molecule has 3 rings (SSSR count). The lowest BCUT2D eigenvalue weighted by atomic mass is 10.1. The summed E-state index contributed by atoms with van der Waals surface area (Å²) in [5, 5.41) is 0. The first-order valence-corrected chi connectivity index (χ1v) is 8.78. The molecule has 0 bridgehead atoms. The number of amides is 1. The van der Waals surface area contributed by atoms with Crippen LogP contribution in [0.5, 0.6) is 0 Å². The van der Waals surface area contributed by atoms with Crippen molar-refractivity contribution in [1.82, 2.24) is 14.8 Å². The van der Waals surface area contributed by atoms with E-state index >= 15 is 0 Å². The number of rotatable bonds is 7. The predicted octanol–water partition coefficient (Wildman–Crippen LogP) is 2.13. The molecule has 0 saturated carbocycles. The van der Waals surface area contributed by atoms with Crippen LogP contribution in [0, 0.1) is 5.92 Å². The van der Waals surface area contributed by atoms with Crippen molar-refractivity contribution in [2.45, 2.75) is 19.5 Å². The van der Waals surface area contributed by atoms with Crippen molar-refractivity contribution in [3.05, 3.63) is 65.5 Å². The van der Waals surface area contributed by atoms with Crippen molar-refractivity contribution in [1.29, 1.82) is 0 Å². The molecule has 1 aromatic heterocycles. The highest BCUT2D eigenvalue weighted by Crippen LogP contribution is 2.20. The molecule has 132 valence electrons. The molecule has 2 N–H and O–H groups in total. The minimum absolute atomic E-state index is 0.363. The molecule has 1 fully saturated rings. The van der Waals surface area contributed by atoms with E-state index in [2.05, 4.69) is 34.0 Å². The van der Waals surface area contributed by atoms with Gasteiger partial charge in [-0.2, -0.15) is 0 Å². The number of hydrogen-bond donors (Lipinski definition) is 1. The smallest absolute Gasteiger partial charge is 0.248 e. The molecule has 1 aliphatic heterocycles. The topological polar surface area (TPSA) is 62.5 Å². The standard InChI is InChI=1S/C20H26N4O/c1-23(12-17-5-3-8-22-11-17)13-18-7-9-24(15-18)14-16-4-2-6-19(10-16)20(21)25/h2-6,8,10-11,18H,7,9,12-15H2,1H3,(H2,21,25). The molecular weight excluding hydrogens is 312 g/mol. The Labute approximate surface area is 149 Å². The normalized spacial score (nSPS) is 17.9. The Bertz CT molecular complexity index is 704. The van der Waals surface area contributed by atoms with Crippen molar-refractivity contribution < 1.29 is 4.79 Å². The van der Waals surface area contributed by atoms with E-state index in [4.69, 9.17) is 5.73 Å². The molecule has 0 spiro atoms. The highest BCUT2D eigenvalue weighted by molar-refractivity contribution is 5.92. The molecule has 1 aromatic carbocycles. The molecule has 1 amide bonds. The van der Waals surface area contributed by atoms with Gasteiger partial charge in [0.1, 0.15) is 0 Å². The number of nitrogens with two attached hydrogens (primary N) is 1. The number of benzene rings is 1. The number of pyridine rings is 1. The Morgan fingerprint density at radius 3 is 2.92 bits per heavy atom. The van der Waals surface area contributed by atoms with Gasteiger partial charge < -0.3 is 10.6 Å². The molecule has 0 radical (unpaired) electrons. The van der Waals surface area contributed by atoms with Crippen LogP contribution in [0.15, 0.2) is 48.8 Å². The van der Waals surface area contributed by atoms with E-state index in [9.17, 15) is 4.79 Å². The van der Waals surface area contributed by atoms with Gasteiger partial charge in [-0.05, 0) is 55.3 Å². The Balaban J connectivity index is 1.48. The summed E-state index contributed by atoms with van der Waals surface area (Å²) in [6.07, 6.45) is 4.96. The van der Waals surface area contributed by atoms with Crippen molar-refractivity contribution in [3.63, 3.8) is 0 Å². The SMILES string of the molecule is CN(Cc1cccnc1)CC1CCN(Cc2cccc(C(N)=O)c2)C1. The van der Waals surface area contributed by atoms with Crippen LogP contribution in [0.3, 0.4) is 0 Å². The Morgan fingerprint density at radius 2 is 2.16 bits per heavy atom. The van der Waals surface area contributed by atoms with E-state index in [1.807, 2.05) is 30.6 Å². The third-order valence-corrected chi connectivity index (χ3v) is 4.73. The van der Waals surface area contributed by atoms with Gasteiger partial charge in [0.25, 0.3) is 0 Å². The van der Waals surface area contributed by atoms with Crippen LogP contribution in [0.25, 0.3) is 0 Å². The quantitative estimate of drug-likeness (QED) is 0.840. The summed E-state index contributed by atoms with van der Waals surface area (Å²) in [5.74, 6) is 0.319. The van der Waals surface area contributed by atoms with Crippen molar-refractivity contribution in [2.24, 2.45) is 11.7 Å². The zero-order valence-electron chi connectivity index (χ0n) is 14.8. The van der Waals surface area contributed by atoms with Crippen LogP contribution in [-0.4, -0.2) is 47.4 Å². The molecule has 1 saturated heterocycles. The average Bonchev–Trinajstić information content (AvgIpc) is 3.02. The van der Waals surface area contributed by atoms with Crippen LogP contribution in [-0.2, 0) is 13.1 Å². The molecule has 5 heteroatoms. The van der Waals surface area contributed by atoms with Crippen LogP contribution in [0.1, 0.15) is 27.9 Å². The predicted molar refractivity (Wildman–Crippen MR) is 98.9 cm³/mol. The molecule has 5 nitrogen and oxygen atoms in total. The third kappa shape index (κ3) is 5.11. The molecule has 1 atom stereocenters. The van der Waals surface area contributed by atoms with Crippen molar-refractivity contribution in [2.75, 3.05) is 26.7 Å². The van der Waals surface area contributed by atoms with Gasteiger partial charge in [-0.25, -0.2) is 0 Å². The van der Waals surface area contributed by atoms with E-state index in [1.54, 1.807) is 6.07 Å². The van der Waals surface area contributed by atoms with Crippen LogP contribution >= 0.6 is 0 Å². The highest BCUT2D eigenvalue weighted by atomic mass is 16.1. The van der Waals surface area contributed by atoms with Gasteiger partial charge in [0.05, 0.1) is 0 Å². The fourth-order valence-corrected chi connectivity index (χ4v) is 3.60. The van der Waals surface area contributed by atoms with E-state index in [0.29, 0.717) is 11.5 Å². The second-order valence-corrected chi connectivity index (χ2v) is 7.01. The van der Waals surface area contributed by atoms with E-state index in [-0.39, 0.29) is 5.91 Å². The van der Waals surface area contributed by atoms with Gasteiger partial charge in [0, 0.05) is 44.1 Å². The number of aromatic nitrogens is 1. The molecular formula is C20H26N4O. The lowest BCUT2D eigenvalue weighted by Gasteiger charge is -2.21. The van der Waals surface area contributed by atoms with Crippen molar-refractivity contribution >= 4 is 5.91 Å². The summed E-state index contributed by atoms with van der Waals surface area (Å²) in [7, 11) is 2.17. The molecule has 25 heavy (non-hydrogen) atoms. The molecule has 2 aromatic rings. The molecule has 2 heterocycles. The maximum atomic E-state index is 11.3. The van der Waals surface area contributed by atoms with Gasteiger partial charge >= 0.3 is 0 Å².